The summed E-state index contributed by atoms with van der Waals surface area (Å²) in [5.41, 5.74) is 0.343. The highest BCUT2D eigenvalue weighted by atomic mass is 32.2. The molecule has 27 nitrogen and oxygen atoms in total. The van der Waals surface area contributed by atoms with Crippen LogP contribution in [0.4, 0.5) is 45.5 Å². The van der Waals surface area contributed by atoms with E-state index < -0.39 is 95.8 Å². The van der Waals surface area contributed by atoms with Crippen molar-refractivity contribution in [1.29, 1.82) is 0 Å². The molecule has 8 aromatic carbocycles. The van der Waals surface area contributed by atoms with Crippen molar-refractivity contribution in [3.63, 3.8) is 0 Å². The first kappa shape index (κ1) is 58.8. The Morgan fingerprint density at radius 2 is 0.741 bits per heavy atom. The van der Waals surface area contributed by atoms with Crippen LogP contribution in [0.5, 0.6) is 0 Å². The van der Waals surface area contributed by atoms with E-state index in [0.717, 1.165) is 78.9 Å². The molecule has 33 heteroatoms. The van der Waals surface area contributed by atoms with Crippen molar-refractivity contribution in [1.82, 2.24) is 0 Å². The Balaban J connectivity index is 0.997. The van der Waals surface area contributed by atoms with Crippen LogP contribution in [0.3, 0.4) is 0 Å². The average Bonchev–Trinajstić information content (AvgIpc) is 3.41. The average molecular weight is 1220 g/mol. The molecule has 0 heterocycles. The van der Waals surface area contributed by atoms with E-state index in [1.807, 2.05) is 0 Å². The van der Waals surface area contributed by atoms with Crippen molar-refractivity contribution < 1.29 is 82.7 Å². The molecule has 0 spiro atoms. The van der Waals surface area contributed by atoms with Gasteiger partial charge >= 0.3 is 0 Å². The van der Waals surface area contributed by atoms with Gasteiger partial charge in [0.05, 0.1) is 34.1 Å². The summed E-state index contributed by atoms with van der Waals surface area (Å²) >= 11 is 0. The zero-order valence-electron chi connectivity index (χ0n) is 40.9. The quantitative estimate of drug-likeness (QED) is 0.0172. The number of nitrogens with zero attached hydrogens (tertiary/aromatic N) is 8. The summed E-state index contributed by atoms with van der Waals surface area (Å²) in [4.78, 5) is -4.12. The summed E-state index contributed by atoms with van der Waals surface area (Å²) in [6, 6.07) is 25.6. The summed E-state index contributed by atoms with van der Waals surface area (Å²) in [6.45, 7) is 3.15. The zero-order valence-corrected chi connectivity index (χ0v) is 45.8. The molecule has 8 aromatic rings. The lowest BCUT2D eigenvalue weighted by molar-refractivity contribution is -0.435. The fourth-order valence-electron chi connectivity index (χ4n) is 7.86. The van der Waals surface area contributed by atoms with Gasteiger partial charge < -0.3 is 5.21 Å². The molecule has 0 unspecified atom stereocenters. The minimum absolute atomic E-state index is 0.00358. The minimum atomic E-state index is -5.09. The van der Waals surface area contributed by atoms with Gasteiger partial charge in [0.25, 0.3) is 60.7 Å². The first-order chi connectivity index (χ1) is 37.6. The summed E-state index contributed by atoms with van der Waals surface area (Å²) in [5, 5.41) is 40.6. The zero-order chi connectivity index (χ0) is 59.2. The second-order valence-electron chi connectivity index (χ2n) is 17.1. The maximum atomic E-state index is 13.3. The fourth-order valence-corrected chi connectivity index (χ4v) is 12.1. The van der Waals surface area contributed by atoms with Gasteiger partial charge in [-0.25, -0.2) is 0 Å². The fraction of sp³-hybridized carbons (Fsp3) is 0.0417. The van der Waals surface area contributed by atoms with Crippen LogP contribution in [-0.4, -0.2) is 82.7 Å². The molecule has 0 bridgehead atoms. The van der Waals surface area contributed by atoms with E-state index in [1.165, 1.54) is 73.7 Å². The third kappa shape index (κ3) is 13.6. The number of aryl methyl sites for hydroxylation is 2. The van der Waals surface area contributed by atoms with E-state index in [4.69, 9.17) is 0 Å². The van der Waals surface area contributed by atoms with Gasteiger partial charge in [0.15, 0.2) is 0 Å². The van der Waals surface area contributed by atoms with Gasteiger partial charge in [-0.05, 0) is 133 Å². The van der Waals surface area contributed by atoms with E-state index >= 15 is 0 Å². The Bertz CT molecular complexity index is 4860. The van der Waals surface area contributed by atoms with E-state index in [2.05, 4.69) is 35.8 Å². The molecule has 0 radical (unpaired) electrons. The molecule has 6 N–H and O–H groups in total. The van der Waals surface area contributed by atoms with Crippen molar-refractivity contribution in [3.05, 3.63) is 161 Å². The molecular formula is C48H36N8O19S6. The monoisotopic (exact) mass is 1220 g/mol. The maximum Gasteiger partial charge on any atom is 0.295 e. The molecule has 0 aliphatic rings. The van der Waals surface area contributed by atoms with Crippen LogP contribution in [0.1, 0.15) is 22.3 Å². The third-order valence-corrected chi connectivity index (χ3v) is 17.0. The van der Waals surface area contributed by atoms with Crippen LogP contribution in [0, 0.1) is 19.1 Å². The normalized spacial score (nSPS) is 13.5. The molecule has 0 aromatic heterocycles. The van der Waals surface area contributed by atoms with E-state index in [-0.39, 0.29) is 77.3 Å². The first-order valence-electron chi connectivity index (χ1n) is 22.3. The molecule has 0 saturated carbocycles. The Kier molecular flexibility index (Phi) is 16.0. The standard InChI is InChI=1S/C48H36N8O19S6/c1-27-20-31(12-16-41(27)53-51-32-11-15-38-39(22-32)45(78(64,65)66)19-18-44(38)77(61,62)63)49-50-33-10-8-29(46(24-33)79(67,68)69)6-7-30-9-14-36(26-47(30)80(70,71)72)56(57)55-34-13-17-42(28(2)21-34)54-52-35-23-40-37(48(25-35)81(73,74)75)4-3-5-43(40)76(58,59)60/h3-26H,1-2H3,(H,58,59,60)(H,61,62,63)(H,64,65,66)(H,67,68,69)(H,70,71,72)(H,73,74,75)/b7-6+,50-49?,53-51?,54-52?,56-55?. The number of azo groups is 4. The van der Waals surface area contributed by atoms with Crippen LogP contribution in [-0.2, 0) is 60.7 Å². The summed E-state index contributed by atoms with van der Waals surface area (Å²) in [7, 11) is -29.5. The van der Waals surface area contributed by atoms with Gasteiger partial charge in [0.2, 0.25) is 5.69 Å². The summed E-state index contributed by atoms with van der Waals surface area (Å²) < 4.78 is 206. The Labute approximate surface area is 459 Å². The van der Waals surface area contributed by atoms with Crippen LogP contribution in [0.15, 0.2) is 199 Å². The van der Waals surface area contributed by atoms with Crippen LogP contribution >= 0.6 is 0 Å². The smallest absolute Gasteiger partial charge is 0.295 e. The second-order valence-corrected chi connectivity index (χ2v) is 25.5. The van der Waals surface area contributed by atoms with Crippen molar-refractivity contribution >= 4 is 140 Å². The van der Waals surface area contributed by atoms with Gasteiger partial charge in [0.1, 0.15) is 35.1 Å². The van der Waals surface area contributed by atoms with Gasteiger partial charge in [-0.3, -0.25) is 27.3 Å². The van der Waals surface area contributed by atoms with Crippen molar-refractivity contribution in [2.45, 2.75) is 43.2 Å². The van der Waals surface area contributed by atoms with Gasteiger partial charge in [-0.2, -0.15) is 81.2 Å². The number of hydrogen-bond donors (Lipinski definition) is 6. The predicted octanol–water partition coefficient (Wildman–Crippen LogP) is 11.4. The SMILES string of the molecule is Cc1cc(N=Nc2ccc(/C=C/c3ccc([N+]([O-])=Nc4ccc(N=Nc5cc(S(=O)(=O)O)c6cccc(S(=O)(=O)O)c6c5)c(C)c4)cc3S(=O)(=O)O)c(S(=O)(=O)O)c2)ccc1N=Nc1ccc2c(S(=O)(=O)O)ccc(S(=O)(=O)O)c2c1. The summed E-state index contributed by atoms with van der Waals surface area (Å²) in [5.74, 6) is 0. The molecule has 81 heavy (non-hydrogen) atoms. The third-order valence-electron chi connectivity index (χ3n) is 11.5. The second kappa shape index (κ2) is 22.0. The minimum Gasteiger partial charge on any atom is -0.594 e. The van der Waals surface area contributed by atoms with Gasteiger partial charge in [0, 0.05) is 38.8 Å². The number of hydrogen-bond acceptors (Lipinski definition) is 20. The molecule has 0 fully saturated rings. The van der Waals surface area contributed by atoms with Gasteiger partial charge in [-0.15, -0.1) is 0 Å². The van der Waals surface area contributed by atoms with E-state index in [0.29, 0.717) is 11.1 Å². The van der Waals surface area contributed by atoms with Crippen LogP contribution in [0.2, 0.25) is 0 Å². The Morgan fingerprint density at radius 3 is 1.28 bits per heavy atom. The van der Waals surface area contributed by atoms with Crippen molar-refractivity contribution in [3.8, 4) is 0 Å². The lowest BCUT2D eigenvalue weighted by atomic mass is 10.1. The van der Waals surface area contributed by atoms with Crippen molar-refractivity contribution in [2.24, 2.45) is 35.8 Å². The molecule has 0 saturated heterocycles. The largest absolute Gasteiger partial charge is 0.594 e. The number of benzene rings is 8. The molecule has 0 amide bonds. The highest BCUT2D eigenvalue weighted by Crippen LogP contribution is 2.37. The van der Waals surface area contributed by atoms with Gasteiger partial charge in [-0.1, -0.05) is 41.3 Å². The summed E-state index contributed by atoms with van der Waals surface area (Å²) in [6.07, 6.45) is 2.17. The maximum absolute atomic E-state index is 13.3. The molecule has 418 valence electrons. The Hall–Kier alpha value is -8.32. The molecule has 0 aliphatic carbocycles. The lowest BCUT2D eigenvalue weighted by Crippen LogP contribution is -2.03. The molecule has 0 atom stereocenters. The van der Waals surface area contributed by atoms with E-state index in [1.54, 1.807) is 6.92 Å². The highest BCUT2D eigenvalue weighted by Gasteiger charge is 2.24. The van der Waals surface area contributed by atoms with E-state index in [9.17, 15) is 83.0 Å². The number of rotatable bonds is 16. The predicted molar refractivity (Wildman–Crippen MR) is 289 cm³/mol. The van der Waals surface area contributed by atoms with Crippen LogP contribution < -0.4 is 0 Å². The molecule has 8 rings (SSSR count). The number of fused-ring (bicyclic) bond motifs is 2. The lowest BCUT2D eigenvalue weighted by Gasteiger charge is -2.09. The Morgan fingerprint density at radius 1 is 0.358 bits per heavy atom. The topological polar surface area (TPSA) is 439 Å². The molecule has 0 aliphatic heterocycles. The van der Waals surface area contributed by atoms with Crippen LogP contribution in [0.25, 0.3) is 33.7 Å². The molecular weight excluding hydrogens is 1180 g/mol. The highest BCUT2D eigenvalue weighted by molar-refractivity contribution is 7.87. The van der Waals surface area contributed by atoms with Crippen molar-refractivity contribution in [2.75, 3.05) is 0 Å². The first-order valence-corrected chi connectivity index (χ1v) is 30.9.